The Bertz CT molecular complexity index is 1230. The molecule has 0 unspecified atom stereocenters. The summed E-state index contributed by atoms with van der Waals surface area (Å²) in [6.07, 6.45) is -1.06. The van der Waals surface area contributed by atoms with Crippen LogP contribution in [0.1, 0.15) is 28.0 Å². The SMILES string of the molecule is Cc1cc(COc2ccc(C(=O)N[C@@H]3CCN(C(=O)O)[C@@H]3C(=O)NO)cc2)c2ccccc2n1. The fraction of sp³-hybridized carbons (Fsp3) is 0.250. The number of rotatable bonds is 6. The molecule has 1 aliphatic rings. The molecule has 3 amide bonds. The Balaban J connectivity index is 1.41. The molecule has 2 heterocycles. The van der Waals surface area contributed by atoms with Crippen molar-refractivity contribution in [2.24, 2.45) is 0 Å². The number of hydroxylamine groups is 1. The summed E-state index contributed by atoms with van der Waals surface area (Å²) in [6, 6.07) is 14.3. The number of nitrogens with one attached hydrogen (secondary N) is 2. The third-order valence-corrected chi connectivity index (χ3v) is 5.78. The fourth-order valence-corrected chi connectivity index (χ4v) is 4.18. The minimum absolute atomic E-state index is 0.0638. The molecule has 0 aliphatic carbocycles. The minimum Gasteiger partial charge on any atom is -0.489 e. The van der Waals surface area contributed by atoms with E-state index in [2.05, 4.69) is 10.3 Å². The Morgan fingerprint density at radius 1 is 1.15 bits per heavy atom. The molecule has 10 heteroatoms. The highest BCUT2D eigenvalue weighted by molar-refractivity contribution is 5.95. The van der Waals surface area contributed by atoms with Crippen molar-refractivity contribution in [2.75, 3.05) is 6.54 Å². The number of likely N-dealkylation sites (tertiary alicyclic amines) is 1. The molecule has 176 valence electrons. The maximum Gasteiger partial charge on any atom is 0.408 e. The Labute approximate surface area is 195 Å². The first-order valence-corrected chi connectivity index (χ1v) is 10.7. The van der Waals surface area contributed by atoms with Crippen LogP contribution in [0.3, 0.4) is 0 Å². The maximum atomic E-state index is 12.7. The second-order valence-corrected chi connectivity index (χ2v) is 8.02. The van der Waals surface area contributed by atoms with Gasteiger partial charge in [0.15, 0.2) is 0 Å². The van der Waals surface area contributed by atoms with Crippen LogP contribution < -0.4 is 15.5 Å². The molecule has 2 aromatic carbocycles. The standard InChI is InChI=1S/C24H24N4O6/c1-14-12-16(18-4-2-3-5-19(18)25-14)13-34-17-8-6-15(7-9-17)22(29)26-20-10-11-28(24(31)32)21(20)23(30)27-33/h2-9,12,20-21,33H,10-11,13H2,1H3,(H,26,29)(H,27,30)(H,31,32)/t20-,21+/m1/s1. The maximum absolute atomic E-state index is 12.7. The molecule has 1 aliphatic heterocycles. The molecule has 0 bridgehead atoms. The van der Waals surface area contributed by atoms with E-state index >= 15 is 0 Å². The van der Waals surface area contributed by atoms with Gasteiger partial charge in [0, 0.05) is 28.8 Å². The molecule has 0 saturated carbocycles. The van der Waals surface area contributed by atoms with Gasteiger partial charge in [0.1, 0.15) is 18.4 Å². The summed E-state index contributed by atoms with van der Waals surface area (Å²) in [4.78, 5) is 41.4. The number of hydrogen-bond donors (Lipinski definition) is 4. The second kappa shape index (κ2) is 9.75. The largest absolute Gasteiger partial charge is 0.489 e. The van der Waals surface area contributed by atoms with Crippen molar-refractivity contribution in [1.29, 1.82) is 0 Å². The molecule has 0 radical (unpaired) electrons. The van der Waals surface area contributed by atoms with E-state index in [4.69, 9.17) is 9.94 Å². The summed E-state index contributed by atoms with van der Waals surface area (Å²) in [5.74, 6) is -0.784. The first-order valence-electron chi connectivity index (χ1n) is 10.7. The van der Waals surface area contributed by atoms with Crippen LogP contribution in [0.15, 0.2) is 54.6 Å². The zero-order valence-electron chi connectivity index (χ0n) is 18.4. The summed E-state index contributed by atoms with van der Waals surface area (Å²) in [5, 5.41) is 21.9. The summed E-state index contributed by atoms with van der Waals surface area (Å²) in [5.41, 5.74) is 4.59. The number of nitrogens with zero attached hydrogens (tertiary/aromatic N) is 2. The van der Waals surface area contributed by atoms with Crippen LogP contribution in [0, 0.1) is 6.92 Å². The van der Waals surface area contributed by atoms with Gasteiger partial charge in [-0.15, -0.1) is 0 Å². The summed E-state index contributed by atoms with van der Waals surface area (Å²) < 4.78 is 5.91. The van der Waals surface area contributed by atoms with Crippen molar-refractivity contribution in [2.45, 2.75) is 32.0 Å². The number of benzene rings is 2. The van der Waals surface area contributed by atoms with E-state index < -0.39 is 30.0 Å². The average Bonchev–Trinajstić information content (AvgIpc) is 3.26. The molecule has 4 rings (SSSR count). The van der Waals surface area contributed by atoms with Gasteiger partial charge in [-0.05, 0) is 49.7 Å². The van der Waals surface area contributed by atoms with E-state index in [-0.39, 0.29) is 13.0 Å². The van der Waals surface area contributed by atoms with Gasteiger partial charge in [0.05, 0.1) is 11.6 Å². The smallest absolute Gasteiger partial charge is 0.408 e. The van der Waals surface area contributed by atoms with Crippen LogP contribution in [0.5, 0.6) is 5.75 Å². The third-order valence-electron chi connectivity index (χ3n) is 5.78. The number of hydrogen-bond acceptors (Lipinski definition) is 6. The molecule has 0 spiro atoms. The lowest BCUT2D eigenvalue weighted by molar-refractivity contribution is -0.133. The highest BCUT2D eigenvalue weighted by Crippen LogP contribution is 2.22. The fourth-order valence-electron chi connectivity index (χ4n) is 4.18. The van der Waals surface area contributed by atoms with E-state index in [1.54, 1.807) is 24.3 Å². The number of amides is 3. The van der Waals surface area contributed by atoms with Crippen LogP contribution in [0.2, 0.25) is 0 Å². The summed E-state index contributed by atoms with van der Waals surface area (Å²) in [7, 11) is 0. The van der Waals surface area contributed by atoms with E-state index in [0.29, 0.717) is 17.9 Å². The van der Waals surface area contributed by atoms with Crippen LogP contribution in [-0.4, -0.2) is 56.7 Å². The lowest BCUT2D eigenvalue weighted by atomic mass is 10.1. The molecule has 1 aromatic heterocycles. The van der Waals surface area contributed by atoms with Crippen molar-refractivity contribution >= 4 is 28.8 Å². The Kier molecular flexibility index (Phi) is 6.60. The molecule has 10 nitrogen and oxygen atoms in total. The molecule has 3 aromatic rings. The number of fused-ring (bicyclic) bond motifs is 1. The number of aromatic nitrogens is 1. The third kappa shape index (κ3) is 4.76. The zero-order valence-corrected chi connectivity index (χ0v) is 18.4. The lowest BCUT2D eigenvalue weighted by Gasteiger charge is -2.24. The first-order chi connectivity index (χ1) is 16.4. The van der Waals surface area contributed by atoms with E-state index in [1.807, 2.05) is 37.3 Å². The van der Waals surface area contributed by atoms with Crippen molar-refractivity contribution in [1.82, 2.24) is 20.7 Å². The zero-order chi connectivity index (χ0) is 24.2. The van der Waals surface area contributed by atoms with Gasteiger partial charge in [-0.1, -0.05) is 18.2 Å². The van der Waals surface area contributed by atoms with Gasteiger partial charge in [0.2, 0.25) is 0 Å². The number of carbonyl (C=O) groups is 3. The molecule has 1 fully saturated rings. The quantitative estimate of drug-likeness (QED) is 0.324. The van der Waals surface area contributed by atoms with E-state index in [9.17, 15) is 19.5 Å². The Morgan fingerprint density at radius 3 is 2.59 bits per heavy atom. The van der Waals surface area contributed by atoms with Crippen LogP contribution in [0.25, 0.3) is 10.9 Å². The summed E-state index contributed by atoms with van der Waals surface area (Å²) in [6.45, 7) is 2.33. The van der Waals surface area contributed by atoms with Gasteiger partial charge in [-0.2, -0.15) is 0 Å². The summed E-state index contributed by atoms with van der Waals surface area (Å²) >= 11 is 0. The van der Waals surface area contributed by atoms with Gasteiger partial charge >= 0.3 is 6.09 Å². The van der Waals surface area contributed by atoms with Crippen LogP contribution >= 0.6 is 0 Å². The Morgan fingerprint density at radius 2 is 1.88 bits per heavy atom. The first kappa shape index (κ1) is 23.0. The lowest BCUT2D eigenvalue weighted by Crippen LogP contribution is -2.54. The van der Waals surface area contributed by atoms with Crippen LogP contribution in [-0.2, 0) is 11.4 Å². The van der Waals surface area contributed by atoms with Crippen molar-refractivity contribution in [3.8, 4) is 5.75 Å². The highest BCUT2D eigenvalue weighted by Gasteiger charge is 2.42. The molecule has 1 saturated heterocycles. The minimum atomic E-state index is -1.30. The van der Waals surface area contributed by atoms with Crippen molar-refractivity contribution in [3.63, 3.8) is 0 Å². The normalized spacial score (nSPS) is 17.4. The van der Waals surface area contributed by atoms with Gasteiger partial charge < -0.3 is 15.2 Å². The van der Waals surface area contributed by atoms with E-state index in [1.165, 1.54) is 5.48 Å². The molecular formula is C24H24N4O6. The van der Waals surface area contributed by atoms with Gasteiger partial charge in [0.25, 0.3) is 11.8 Å². The molecule has 4 N–H and O–H groups in total. The number of carbonyl (C=O) groups excluding carboxylic acids is 2. The monoisotopic (exact) mass is 464 g/mol. The predicted octanol–water partition coefficient (Wildman–Crippen LogP) is 2.48. The topological polar surface area (TPSA) is 141 Å². The number of carboxylic acid groups (broad SMARTS) is 1. The number of aryl methyl sites for hydroxylation is 1. The highest BCUT2D eigenvalue weighted by atomic mass is 16.5. The molecule has 34 heavy (non-hydrogen) atoms. The van der Waals surface area contributed by atoms with Crippen molar-refractivity contribution < 1.29 is 29.4 Å². The van der Waals surface area contributed by atoms with Crippen molar-refractivity contribution in [3.05, 3.63) is 71.4 Å². The predicted molar refractivity (Wildman–Crippen MR) is 122 cm³/mol. The number of pyridine rings is 1. The number of para-hydroxylation sites is 1. The molecular weight excluding hydrogens is 440 g/mol. The number of ether oxygens (including phenoxy) is 1. The molecule has 2 atom stereocenters. The van der Waals surface area contributed by atoms with Crippen LogP contribution in [0.4, 0.5) is 4.79 Å². The van der Waals surface area contributed by atoms with E-state index in [0.717, 1.165) is 27.1 Å². The Hall–Kier alpha value is -4.18. The average molecular weight is 464 g/mol. The second-order valence-electron chi connectivity index (χ2n) is 8.02. The van der Waals surface area contributed by atoms with Gasteiger partial charge in [-0.25, -0.2) is 10.3 Å². The van der Waals surface area contributed by atoms with Gasteiger partial charge in [-0.3, -0.25) is 24.7 Å².